The van der Waals surface area contributed by atoms with Gasteiger partial charge in [0.15, 0.2) is 0 Å². The van der Waals surface area contributed by atoms with Gasteiger partial charge in [0.2, 0.25) is 5.91 Å². The Morgan fingerprint density at radius 1 is 0.519 bits per heavy atom. The normalized spacial score (nSPS) is 14.7. The Bertz CT molecular complexity index is 792. The van der Waals surface area contributed by atoms with Crippen molar-refractivity contribution in [3.05, 3.63) is 24.8 Å². The van der Waals surface area contributed by atoms with Gasteiger partial charge >= 0.3 is 0 Å². The molecule has 0 aromatic heterocycles. The molecule has 308 valence electrons. The Kier molecular flexibility index (Phi) is 38.5. The first kappa shape index (κ1) is 50.8. The standard InChI is InChI=1S/C45H87NO6/c1-3-5-7-9-11-13-15-17-19-20-21-22-23-24-26-28-30-32-34-36-38-42(49)45(52)46-40(39-47)43(50)44(51)41(48)37-35-33-31-29-27-25-18-16-14-12-10-8-6-4-2/h3,23-24,40-44,47-51H,1,4-22,25-39H2,2H3,(H,46,52). The molecule has 0 heterocycles. The van der Waals surface area contributed by atoms with Crippen molar-refractivity contribution in [1.82, 2.24) is 5.32 Å². The predicted octanol–water partition coefficient (Wildman–Crippen LogP) is 10.5. The highest BCUT2D eigenvalue weighted by molar-refractivity contribution is 5.80. The van der Waals surface area contributed by atoms with Crippen LogP contribution < -0.4 is 5.32 Å². The molecule has 7 heteroatoms. The molecule has 6 N–H and O–H groups in total. The number of amides is 1. The van der Waals surface area contributed by atoms with E-state index in [9.17, 15) is 30.3 Å². The van der Waals surface area contributed by atoms with Crippen LogP contribution in [0.2, 0.25) is 0 Å². The van der Waals surface area contributed by atoms with Crippen LogP contribution in [0.5, 0.6) is 0 Å². The lowest BCUT2D eigenvalue weighted by Crippen LogP contribution is -2.55. The topological polar surface area (TPSA) is 130 Å². The average Bonchev–Trinajstić information content (AvgIpc) is 3.15. The Hall–Kier alpha value is -1.25. The van der Waals surface area contributed by atoms with Crippen LogP contribution in [0.25, 0.3) is 0 Å². The number of aliphatic hydroxyl groups excluding tert-OH is 5. The summed E-state index contributed by atoms with van der Waals surface area (Å²) in [7, 11) is 0. The number of carbonyl (C=O) groups excluding carboxylic acids is 1. The van der Waals surface area contributed by atoms with Crippen LogP contribution in [0.4, 0.5) is 0 Å². The summed E-state index contributed by atoms with van der Waals surface area (Å²) in [6.07, 6.45) is 39.6. The van der Waals surface area contributed by atoms with Gasteiger partial charge in [-0.1, -0.05) is 186 Å². The van der Waals surface area contributed by atoms with Gasteiger partial charge in [0.05, 0.1) is 18.8 Å². The largest absolute Gasteiger partial charge is 0.394 e. The molecular formula is C45H87NO6. The number of unbranched alkanes of at least 4 members (excludes halogenated alkanes) is 28. The molecule has 5 atom stereocenters. The quantitative estimate of drug-likeness (QED) is 0.0274. The fourth-order valence-corrected chi connectivity index (χ4v) is 6.99. The fourth-order valence-electron chi connectivity index (χ4n) is 6.99. The van der Waals surface area contributed by atoms with Gasteiger partial charge < -0.3 is 30.8 Å². The second-order valence-electron chi connectivity index (χ2n) is 15.6. The van der Waals surface area contributed by atoms with Gasteiger partial charge in [-0.05, 0) is 51.4 Å². The number of allylic oxidation sites excluding steroid dienone is 3. The van der Waals surface area contributed by atoms with Gasteiger partial charge in [0.1, 0.15) is 18.3 Å². The molecule has 7 nitrogen and oxygen atoms in total. The molecule has 0 aromatic rings. The number of hydrogen-bond acceptors (Lipinski definition) is 6. The third kappa shape index (κ3) is 32.2. The zero-order chi connectivity index (χ0) is 38.3. The zero-order valence-corrected chi connectivity index (χ0v) is 34.0. The SMILES string of the molecule is C=CCCCCCCCCCCCC=CCCCCCCCC(O)C(=O)NC(CO)C(O)C(O)C(O)CCCCCCCCCCCCCCCC. The molecule has 0 saturated carbocycles. The number of aliphatic hydroxyl groups is 5. The van der Waals surface area contributed by atoms with E-state index in [0.29, 0.717) is 19.3 Å². The van der Waals surface area contributed by atoms with E-state index in [4.69, 9.17) is 0 Å². The summed E-state index contributed by atoms with van der Waals surface area (Å²) >= 11 is 0. The van der Waals surface area contributed by atoms with E-state index in [1.165, 1.54) is 135 Å². The van der Waals surface area contributed by atoms with Gasteiger partial charge in [-0.3, -0.25) is 4.79 Å². The summed E-state index contributed by atoms with van der Waals surface area (Å²) in [6, 6.07) is -1.16. The van der Waals surface area contributed by atoms with Crippen LogP contribution in [0, 0.1) is 0 Å². The third-order valence-corrected chi connectivity index (χ3v) is 10.6. The van der Waals surface area contributed by atoms with Crippen molar-refractivity contribution in [2.45, 2.75) is 249 Å². The number of nitrogens with one attached hydrogen (secondary N) is 1. The summed E-state index contributed by atoms with van der Waals surface area (Å²) in [5.41, 5.74) is 0. The van der Waals surface area contributed by atoms with E-state index in [2.05, 4.69) is 31.0 Å². The van der Waals surface area contributed by atoms with Gasteiger partial charge in [0.25, 0.3) is 0 Å². The number of rotatable bonds is 41. The molecule has 1 amide bonds. The molecule has 5 unspecified atom stereocenters. The van der Waals surface area contributed by atoms with Crippen molar-refractivity contribution < 1.29 is 30.3 Å². The maximum absolute atomic E-state index is 12.5. The molecule has 0 saturated heterocycles. The molecule has 0 aliphatic rings. The highest BCUT2D eigenvalue weighted by atomic mass is 16.4. The first-order valence-electron chi connectivity index (χ1n) is 22.3. The minimum atomic E-state index is -1.53. The summed E-state index contributed by atoms with van der Waals surface area (Å²) in [6.45, 7) is 5.43. The second-order valence-corrected chi connectivity index (χ2v) is 15.6. The van der Waals surface area contributed by atoms with E-state index >= 15 is 0 Å². The average molecular weight is 738 g/mol. The minimum Gasteiger partial charge on any atom is -0.394 e. The Morgan fingerprint density at radius 3 is 1.29 bits per heavy atom. The molecule has 0 fully saturated rings. The van der Waals surface area contributed by atoms with Gasteiger partial charge in [-0.2, -0.15) is 0 Å². The van der Waals surface area contributed by atoms with Crippen molar-refractivity contribution in [3.8, 4) is 0 Å². The molecule has 0 aromatic carbocycles. The van der Waals surface area contributed by atoms with Crippen molar-refractivity contribution in [1.29, 1.82) is 0 Å². The summed E-state index contributed by atoms with van der Waals surface area (Å²) in [4.78, 5) is 12.5. The Balaban J connectivity index is 3.83. The molecule has 0 rings (SSSR count). The van der Waals surface area contributed by atoms with Crippen LogP contribution in [0.1, 0.15) is 219 Å². The molecular weight excluding hydrogens is 650 g/mol. The predicted molar refractivity (Wildman–Crippen MR) is 220 cm³/mol. The van der Waals surface area contributed by atoms with Crippen LogP contribution in [0.3, 0.4) is 0 Å². The maximum Gasteiger partial charge on any atom is 0.249 e. The van der Waals surface area contributed by atoms with Gasteiger partial charge in [-0.25, -0.2) is 0 Å². The number of carbonyl (C=O) groups is 1. The highest BCUT2D eigenvalue weighted by Gasteiger charge is 2.32. The molecule has 0 aliphatic heterocycles. The molecule has 0 aliphatic carbocycles. The molecule has 0 bridgehead atoms. The Morgan fingerprint density at radius 2 is 0.885 bits per heavy atom. The summed E-state index contributed by atoms with van der Waals surface area (Å²) < 4.78 is 0. The monoisotopic (exact) mass is 738 g/mol. The summed E-state index contributed by atoms with van der Waals surface area (Å²) in [5, 5.41) is 54.1. The first-order valence-corrected chi connectivity index (χ1v) is 22.3. The van der Waals surface area contributed by atoms with Crippen molar-refractivity contribution >= 4 is 5.91 Å². The zero-order valence-electron chi connectivity index (χ0n) is 34.0. The summed E-state index contributed by atoms with van der Waals surface area (Å²) in [5.74, 6) is -0.674. The van der Waals surface area contributed by atoms with Crippen LogP contribution in [-0.2, 0) is 4.79 Å². The minimum absolute atomic E-state index is 0.306. The first-order chi connectivity index (χ1) is 25.4. The van der Waals surface area contributed by atoms with E-state index in [0.717, 1.165) is 57.8 Å². The van der Waals surface area contributed by atoms with Crippen molar-refractivity contribution in [2.24, 2.45) is 0 Å². The van der Waals surface area contributed by atoms with Crippen molar-refractivity contribution in [2.75, 3.05) is 6.61 Å². The lowest BCUT2D eigenvalue weighted by atomic mass is 9.96. The van der Waals surface area contributed by atoms with E-state index < -0.39 is 43.0 Å². The Labute approximate surface area is 321 Å². The molecule has 0 radical (unpaired) electrons. The van der Waals surface area contributed by atoms with Gasteiger partial charge in [0, 0.05) is 0 Å². The molecule has 52 heavy (non-hydrogen) atoms. The fraction of sp³-hybridized carbons (Fsp3) is 0.889. The van der Waals surface area contributed by atoms with Crippen LogP contribution >= 0.6 is 0 Å². The number of hydrogen-bond donors (Lipinski definition) is 6. The lowest BCUT2D eigenvalue weighted by molar-refractivity contribution is -0.134. The second kappa shape index (κ2) is 39.4. The molecule has 0 spiro atoms. The van der Waals surface area contributed by atoms with Crippen LogP contribution in [0.15, 0.2) is 24.8 Å². The van der Waals surface area contributed by atoms with Crippen LogP contribution in [-0.4, -0.2) is 68.5 Å². The van der Waals surface area contributed by atoms with E-state index in [-0.39, 0.29) is 0 Å². The van der Waals surface area contributed by atoms with Crippen molar-refractivity contribution in [3.63, 3.8) is 0 Å². The third-order valence-electron chi connectivity index (χ3n) is 10.6. The smallest absolute Gasteiger partial charge is 0.249 e. The van der Waals surface area contributed by atoms with E-state index in [1.807, 2.05) is 6.08 Å². The lowest BCUT2D eigenvalue weighted by Gasteiger charge is -2.29. The van der Waals surface area contributed by atoms with E-state index in [1.54, 1.807) is 0 Å². The van der Waals surface area contributed by atoms with Gasteiger partial charge in [-0.15, -0.1) is 6.58 Å². The maximum atomic E-state index is 12.5. The highest BCUT2D eigenvalue weighted by Crippen LogP contribution is 2.17.